The molecule has 3 rings (SSSR count). The SMILES string of the molecule is NC[C@]1(c2ccccc2)Cc2c(cc(F)c(Cl)c2Br)O1. The van der Waals surface area contributed by atoms with Crippen LogP contribution in [0.5, 0.6) is 5.75 Å². The zero-order valence-corrected chi connectivity index (χ0v) is 12.8. The molecule has 0 aromatic heterocycles. The van der Waals surface area contributed by atoms with E-state index in [0.29, 0.717) is 23.2 Å². The maximum atomic E-state index is 13.7. The number of rotatable bonds is 2. The lowest BCUT2D eigenvalue weighted by atomic mass is 9.89. The molecular weight excluding hydrogens is 345 g/mol. The van der Waals surface area contributed by atoms with Gasteiger partial charge in [-0.2, -0.15) is 0 Å². The van der Waals surface area contributed by atoms with Crippen LogP contribution >= 0.6 is 27.5 Å². The van der Waals surface area contributed by atoms with Gasteiger partial charge in [-0.15, -0.1) is 0 Å². The summed E-state index contributed by atoms with van der Waals surface area (Å²) in [5.74, 6) is -0.00810. The van der Waals surface area contributed by atoms with Gasteiger partial charge in [-0.3, -0.25) is 0 Å². The van der Waals surface area contributed by atoms with Gasteiger partial charge in [0.2, 0.25) is 0 Å². The molecule has 0 spiro atoms. The molecule has 2 aromatic carbocycles. The van der Waals surface area contributed by atoms with E-state index in [9.17, 15) is 4.39 Å². The van der Waals surface area contributed by atoms with Crippen molar-refractivity contribution in [1.82, 2.24) is 0 Å². The highest BCUT2D eigenvalue weighted by Gasteiger charge is 2.41. The molecule has 0 radical (unpaired) electrons. The van der Waals surface area contributed by atoms with E-state index in [0.717, 1.165) is 11.1 Å². The molecule has 0 amide bonds. The molecule has 20 heavy (non-hydrogen) atoms. The first kappa shape index (κ1) is 13.9. The summed E-state index contributed by atoms with van der Waals surface area (Å²) in [5, 5.41) is 0.0771. The third-order valence-electron chi connectivity index (χ3n) is 3.62. The summed E-state index contributed by atoms with van der Waals surface area (Å²) in [6.45, 7) is 0.303. The maximum Gasteiger partial charge on any atom is 0.150 e. The van der Waals surface area contributed by atoms with Crippen LogP contribution in [0, 0.1) is 5.82 Å². The van der Waals surface area contributed by atoms with Crippen LogP contribution in [-0.2, 0) is 12.0 Å². The molecule has 0 fully saturated rings. The Morgan fingerprint density at radius 1 is 1.35 bits per heavy atom. The average Bonchev–Trinajstić information content (AvgIpc) is 2.86. The number of nitrogens with two attached hydrogens (primary N) is 1. The first-order valence-electron chi connectivity index (χ1n) is 6.18. The largest absolute Gasteiger partial charge is 0.480 e. The molecule has 1 aliphatic rings. The van der Waals surface area contributed by atoms with Gasteiger partial charge in [-0.05, 0) is 21.5 Å². The molecule has 0 aliphatic carbocycles. The Bertz CT molecular complexity index is 665. The highest BCUT2D eigenvalue weighted by molar-refractivity contribution is 9.10. The number of hydrogen-bond donors (Lipinski definition) is 1. The highest BCUT2D eigenvalue weighted by atomic mass is 79.9. The molecule has 0 saturated heterocycles. The molecule has 1 aliphatic heterocycles. The topological polar surface area (TPSA) is 35.2 Å². The second kappa shape index (κ2) is 5.02. The van der Waals surface area contributed by atoms with Crippen molar-refractivity contribution in [2.75, 3.05) is 6.54 Å². The van der Waals surface area contributed by atoms with Crippen molar-refractivity contribution in [3.8, 4) is 5.75 Å². The summed E-state index contributed by atoms with van der Waals surface area (Å²) >= 11 is 9.28. The van der Waals surface area contributed by atoms with Crippen LogP contribution in [0.25, 0.3) is 0 Å². The predicted octanol–water partition coefficient (Wildman–Crippen LogP) is 4.03. The van der Waals surface area contributed by atoms with Gasteiger partial charge in [0.05, 0.1) is 5.02 Å². The second-order valence-electron chi connectivity index (χ2n) is 4.81. The Labute approximate surface area is 129 Å². The highest BCUT2D eigenvalue weighted by Crippen LogP contribution is 2.46. The monoisotopic (exact) mass is 355 g/mol. The Hall–Kier alpha value is -1.10. The summed E-state index contributed by atoms with van der Waals surface area (Å²) in [6, 6.07) is 11.0. The molecule has 0 bridgehead atoms. The molecule has 0 saturated carbocycles. The van der Waals surface area contributed by atoms with Crippen LogP contribution in [0.2, 0.25) is 5.02 Å². The van der Waals surface area contributed by atoms with E-state index in [1.807, 2.05) is 30.3 Å². The van der Waals surface area contributed by atoms with Crippen molar-refractivity contribution in [3.05, 3.63) is 62.8 Å². The molecule has 104 valence electrons. The summed E-state index contributed by atoms with van der Waals surface area (Å²) in [5.41, 5.74) is 7.10. The number of halogens is 3. The van der Waals surface area contributed by atoms with Gasteiger partial charge in [-0.25, -0.2) is 4.39 Å². The van der Waals surface area contributed by atoms with E-state index >= 15 is 0 Å². The minimum Gasteiger partial charge on any atom is -0.480 e. The zero-order valence-electron chi connectivity index (χ0n) is 10.5. The molecule has 5 heteroatoms. The lowest BCUT2D eigenvalue weighted by Gasteiger charge is -2.27. The van der Waals surface area contributed by atoms with E-state index < -0.39 is 11.4 Å². The number of benzene rings is 2. The third-order valence-corrected chi connectivity index (χ3v) is 5.09. The van der Waals surface area contributed by atoms with E-state index in [2.05, 4.69) is 15.9 Å². The van der Waals surface area contributed by atoms with Crippen LogP contribution in [0.4, 0.5) is 4.39 Å². The van der Waals surface area contributed by atoms with E-state index in [1.54, 1.807) is 0 Å². The number of hydrogen-bond acceptors (Lipinski definition) is 2. The van der Waals surface area contributed by atoms with Gasteiger partial charge < -0.3 is 10.5 Å². The van der Waals surface area contributed by atoms with Crippen LogP contribution < -0.4 is 10.5 Å². The summed E-state index contributed by atoms with van der Waals surface area (Å²) in [7, 11) is 0. The average molecular weight is 357 g/mol. The van der Waals surface area contributed by atoms with Crippen molar-refractivity contribution in [2.45, 2.75) is 12.0 Å². The first-order chi connectivity index (χ1) is 9.57. The maximum absolute atomic E-state index is 13.7. The summed E-state index contributed by atoms with van der Waals surface area (Å²) in [4.78, 5) is 0. The lowest BCUT2D eigenvalue weighted by Crippen LogP contribution is -2.39. The fraction of sp³-hybridized carbons (Fsp3) is 0.200. The van der Waals surface area contributed by atoms with Crippen molar-refractivity contribution in [2.24, 2.45) is 5.73 Å². The van der Waals surface area contributed by atoms with Crippen molar-refractivity contribution >= 4 is 27.5 Å². The van der Waals surface area contributed by atoms with Crippen LogP contribution in [0.1, 0.15) is 11.1 Å². The fourth-order valence-electron chi connectivity index (χ4n) is 2.53. The number of ether oxygens (including phenoxy) is 1. The van der Waals surface area contributed by atoms with Gasteiger partial charge in [-0.1, -0.05) is 41.9 Å². The minimum absolute atomic E-state index is 0.0771. The van der Waals surface area contributed by atoms with Gasteiger partial charge in [0.15, 0.2) is 5.60 Å². The standard InChI is InChI=1S/C15H12BrClFNO/c16-13-10-7-15(8-19,9-4-2-1-3-5-9)20-12(10)6-11(18)14(13)17/h1-6H,7-8,19H2/t15-/m0/s1. The van der Waals surface area contributed by atoms with Gasteiger partial charge in [0.1, 0.15) is 11.6 Å². The minimum atomic E-state index is -0.663. The van der Waals surface area contributed by atoms with Crippen LogP contribution in [-0.4, -0.2) is 6.54 Å². The Kier molecular flexibility index (Phi) is 3.48. The zero-order chi connectivity index (χ0) is 14.3. The van der Waals surface area contributed by atoms with E-state index in [1.165, 1.54) is 6.07 Å². The molecule has 2 nitrogen and oxygen atoms in total. The Balaban J connectivity index is 2.10. The molecule has 2 N–H and O–H groups in total. The van der Waals surface area contributed by atoms with Crippen molar-refractivity contribution < 1.29 is 9.13 Å². The van der Waals surface area contributed by atoms with Crippen molar-refractivity contribution in [3.63, 3.8) is 0 Å². The normalized spacial score (nSPS) is 20.6. The quantitative estimate of drug-likeness (QED) is 0.825. The third kappa shape index (κ3) is 2.03. The van der Waals surface area contributed by atoms with Crippen LogP contribution in [0.3, 0.4) is 0 Å². The molecule has 1 atom stereocenters. The van der Waals surface area contributed by atoms with Gasteiger partial charge >= 0.3 is 0 Å². The van der Waals surface area contributed by atoms with E-state index in [-0.39, 0.29) is 5.02 Å². The molecule has 2 aromatic rings. The molecule has 1 heterocycles. The van der Waals surface area contributed by atoms with Gasteiger partial charge in [0, 0.05) is 29.1 Å². The second-order valence-corrected chi connectivity index (χ2v) is 5.98. The van der Waals surface area contributed by atoms with E-state index in [4.69, 9.17) is 22.1 Å². The fourth-order valence-corrected chi connectivity index (χ4v) is 3.23. The number of fused-ring (bicyclic) bond motifs is 1. The van der Waals surface area contributed by atoms with Crippen molar-refractivity contribution in [1.29, 1.82) is 0 Å². The molecular formula is C15H12BrClFNO. The van der Waals surface area contributed by atoms with Crippen LogP contribution in [0.15, 0.2) is 40.9 Å². The Morgan fingerprint density at radius 2 is 2.05 bits per heavy atom. The van der Waals surface area contributed by atoms with Gasteiger partial charge in [0.25, 0.3) is 0 Å². The smallest absolute Gasteiger partial charge is 0.150 e. The summed E-state index contributed by atoms with van der Waals surface area (Å²) < 4.78 is 20.3. The predicted molar refractivity (Wildman–Crippen MR) is 80.6 cm³/mol. The molecule has 0 unspecified atom stereocenters. The Morgan fingerprint density at radius 3 is 2.70 bits per heavy atom. The summed E-state index contributed by atoms with van der Waals surface area (Å²) in [6.07, 6.45) is 0.559. The lowest BCUT2D eigenvalue weighted by molar-refractivity contribution is 0.103. The first-order valence-corrected chi connectivity index (χ1v) is 7.35.